The standard InChI is InChI=1S/C30H43N5O3/c1-21-6-7-24-25(16-21)32-20-30(24)10-15-33(18-22(30)2)19-26(36)23-8-13-35(14-9-23)29-31-17-27(38-29)28(37)34-11-4-3-5-12-34/h6-7,16-17,22-23,26,32,36H,3-5,8-15,18-20H2,1-2H3/t22?,26?,30-/m1/s1. The Morgan fingerprint density at radius 1 is 1.18 bits per heavy atom. The van der Waals surface area contributed by atoms with E-state index >= 15 is 0 Å². The number of fused-ring (bicyclic) bond motifs is 2. The SMILES string of the molecule is Cc1ccc2c(c1)NC[C@@]21CCN(CC(O)C2CCN(c3ncc(C(=O)N4CCCCC4)o3)CC2)CC1C. The number of oxazole rings is 1. The average Bonchev–Trinajstić information content (AvgIpc) is 3.57. The highest BCUT2D eigenvalue weighted by atomic mass is 16.4. The van der Waals surface area contributed by atoms with E-state index in [1.807, 2.05) is 4.90 Å². The molecule has 2 N–H and O–H groups in total. The summed E-state index contributed by atoms with van der Waals surface area (Å²) in [7, 11) is 0. The Morgan fingerprint density at radius 2 is 1.97 bits per heavy atom. The normalized spacial score (nSPS) is 27.4. The number of carbonyl (C=O) groups excluding carboxylic acids is 1. The first-order valence-electron chi connectivity index (χ1n) is 14.7. The second-order valence-corrected chi connectivity index (χ2v) is 12.2. The largest absolute Gasteiger partial charge is 0.418 e. The molecule has 0 aliphatic carbocycles. The molecule has 1 aromatic carbocycles. The second kappa shape index (κ2) is 10.5. The van der Waals surface area contributed by atoms with E-state index in [4.69, 9.17) is 4.42 Å². The number of likely N-dealkylation sites (tertiary alicyclic amines) is 2. The van der Waals surface area contributed by atoms with Gasteiger partial charge in [-0.25, -0.2) is 4.98 Å². The summed E-state index contributed by atoms with van der Waals surface area (Å²) < 4.78 is 5.89. The van der Waals surface area contributed by atoms with Gasteiger partial charge in [0.15, 0.2) is 0 Å². The van der Waals surface area contributed by atoms with E-state index in [9.17, 15) is 9.90 Å². The van der Waals surface area contributed by atoms with Crippen LogP contribution in [-0.4, -0.2) is 84.3 Å². The summed E-state index contributed by atoms with van der Waals surface area (Å²) in [6.45, 7) is 11.5. The van der Waals surface area contributed by atoms with E-state index in [1.165, 1.54) is 23.2 Å². The van der Waals surface area contributed by atoms with Gasteiger partial charge in [0.2, 0.25) is 5.76 Å². The molecule has 4 aliphatic rings. The molecule has 6 rings (SSSR count). The fraction of sp³-hybridized carbons (Fsp3) is 0.667. The minimum absolute atomic E-state index is 0.0433. The number of hydrogen-bond acceptors (Lipinski definition) is 7. The van der Waals surface area contributed by atoms with Gasteiger partial charge < -0.3 is 29.5 Å². The maximum atomic E-state index is 12.7. The monoisotopic (exact) mass is 521 g/mol. The highest BCUT2D eigenvalue weighted by Gasteiger charge is 2.46. The van der Waals surface area contributed by atoms with Crippen molar-refractivity contribution in [3.63, 3.8) is 0 Å². The first-order valence-corrected chi connectivity index (χ1v) is 14.7. The topological polar surface area (TPSA) is 85.1 Å². The van der Waals surface area contributed by atoms with Crippen LogP contribution in [0, 0.1) is 18.8 Å². The molecule has 3 atom stereocenters. The molecule has 1 amide bonds. The highest BCUT2D eigenvalue weighted by Crippen LogP contribution is 2.47. The number of hydrogen-bond donors (Lipinski definition) is 2. The van der Waals surface area contributed by atoms with E-state index in [-0.39, 0.29) is 23.3 Å². The fourth-order valence-electron chi connectivity index (χ4n) is 7.32. The molecule has 0 radical (unpaired) electrons. The molecule has 5 heterocycles. The Kier molecular flexibility index (Phi) is 7.12. The van der Waals surface area contributed by atoms with Crippen molar-refractivity contribution in [2.75, 3.05) is 62.6 Å². The predicted octanol–water partition coefficient (Wildman–Crippen LogP) is 3.89. The lowest BCUT2D eigenvalue weighted by Crippen LogP contribution is -2.52. The smallest absolute Gasteiger partial charge is 0.297 e. The number of nitrogens with one attached hydrogen (secondary N) is 1. The maximum absolute atomic E-state index is 12.7. The lowest BCUT2D eigenvalue weighted by molar-refractivity contribution is 0.0242. The van der Waals surface area contributed by atoms with Crippen molar-refractivity contribution in [2.24, 2.45) is 11.8 Å². The summed E-state index contributed by atoms with van der Waals surface area (Å²) in [6.07, 6.45) is 7.51. The minimum atomic E-state index is -0.323. The van der Waals surface area contributed by atoms with E-state index in [1.54, 1.807) is 6.20 Å². The second-order valence-electron chi connectivity index (χ2n) is 12.2. The molecule has 2 unspecified atom stereocenters. The third-order valence-corrected chi connectivity index (χ3v) is 9.80. The zero-order valence-electron chi connectivity index (χ0n) is 23.0. The summed E-state index contributed by atoms with van der Waals surface area (Å²) >= 11 is 0. The van der Waals surface area contributed by atoms with E-state index in [0.29, 0.717) is 17.7 Å². The number of benzene rings is 1. The number of aromatic nitrogens is 1. The van der Waals surface area contributed by atoms with E-state index < -0.39 is 0 Å². The van der Waals surface area contributed by atoms with Gasteiger partial charge in [-0.15, -0.1) is 0 Å². The molecule has 206 valence electrons. The Hall–Kier alpha value is -2.58. The van der Waals surface area contributed by atoms with Crippen molar-refractivity contribution in [2.45, 2.75) is 63.9 Å². The van der Waals surface area contributed by atoms with Crippen molar-refractivity contribution in [1.29, 1.82) is 0 Å². The molecular formula is C30H43N5O3. The lowest BCUT2D eigenvalue weighted by Gasteiger charge is -2.46. The number of piperidine rings is 3. The third kappa shape index (κ3) is 4.81. The first kappa shape index (κ1) is 25.7. The van der Waals surface area contributed by atoms with Crippen LogP contribution in [0.5, 0.6) is 0 Å². The van der Waals surface area contributed by atoms with Gasteiger partial charge in [-0.3, -0.25) is 4.79 Å². The van der Waals surface area contributed by atoms with Gasteiger partial charge in [-0.1, -0.05) is 19.1 Å². The van der Waals surface area contributed by atoms with Crippen LogP contribution in [0.4, 0.5) is 11.7 Å². The van der Waals surface area contributed by atoms with Crippen molar-refractivity contribution >= 4 is 17.6 Å². The van der Waals surface area contributed by atoms with Gasteiger partial charge in [0, 0.05) is 56.9 Å². The van der Waals surface area contributed by atoms with Crippen molar-refractivity contribution < 1.29 is 14.3 Å². The van der Waals surface area contributed by atoms with Gasteiger partial charge in [0.25, 0.3) is 11.9 Å². The molecular weight excluding hydrogens is 478 g/mol. The summed E-state index contributed by atoms with van der Waals surface area (Å²) in [5.41, 5.74) is 4.31. The third-order valence-electron chi connectivity index (χ3n) is 9.80. The molecule has 0 saturated carbocycles. The van der Waals surface area contributed by atoms with Crippen LogP contribution in [0.1, 0.15) is 67.1 Å². The van der Waals surface area contributed by atoms with E-state index in [0.717, 1.165) is 84.5 Å². The lowest BCUT2D eigenvalue weighted by atomic mass is 9.67. The van der Waals surface area contributed by atoms with Crippen LogP contribution < -0.4 is 10.2 Å². The molecule has 8 heteroatoms. The highest BCUT2D eigenvalue weighted by molar-refractivity contribution is 5.91. The molecule has 38 heavy (non-hydrogen) atoms. The van der Waals surface area contributed by atoms with Crippen LogP contribution >= 0.6 is 0 Å². The van der Waals surface area contributed by atoms with Crippen molar-refractivity contribution in [1.82, 2.24) is 14.8 Å². The first-order chi connectivity index (χ1) is 18.4. The Labute approximate surface area is 226 Å². The zero-order chi connectivity index (χ0) is 26.3. The predicted molar refractivity (Wildman–Crippen MR) is 149 cm³/mol. The summed E-state index contributed by atoms with van der Waals surface area (Å²) in [5, 5.41) is 14.8. The van der Waals surface area contributed by atoms with Gasteiger partial charge >= 0.3 is 0 Å². The molecule has 3 saturated heterocycles. The molecule has 3 fully saturated rings. The van der Waals surface area contributed by atoms with Crippen LogP contribution in [0.25, 0.3) is 0 Å². The summed E-state index contributed by atoms with van der Waals surface area (Å²) in [5.74, 6) is 1.11. The van der Waals surface area contributed by atoms with Crippen LogP contribution in [-0.2, 0) is 5.41 Å². The quantitative estimate of drug-likeness (QED) is 0.618. The van der Waals surface area contributed by atoms with Crippen molar-refractivity contribution in [3.8, 4) is 0 Å². The summed E-state index contributed by atoms with van der Waals surface area (Å²) in [4.78, 5) is 23.6. The zero-order valence-corrected chi connectivity index (χ0v) is 23.0. The number of β-amino-alcohol motifs (C(OH)–C–C–N with tert-alkyl or cyclic N) is 1. The van der Waals surface area contributed by atoms with Crippen molar-refractivity contribution in [3.05, 3.63) is 41.3 Å². The van der Waals surface area contributed by atoms with Crippen LogP contribution in [0.2, 0.25) is 0 Å². The number of aliphatic hydroxyl groups is 1. The molecule has 1 aromatic heterocycles. The number of rotatable bonds is 5. The van der Waals surface area contributed by atoms with Gasteiger partial charge in [0.1, 0.15) is 0 Å². The van der Waals surface area contributed by atoms with Gasteiger partial charge in [-0.05, 0) is 81.0 Å². The number of aliphatic hydroxyl groups excluding tert-OH is 1. The molecule has 8 nitrogen and oxygen atoms in total. The van der Waals surface area contributed by atoms with Crippen LogP contribution in [0.3, 0.4) is 0 Å². The summed E-state index contributed by atoms with van der Waals surface area (Å²) in [6, 6.07) is 7.40. The maximum Gasteiger partial charge on any atom is 0.297 e. The Morgan fingerprint density at radius 3 is 2.74 bits per heavy atom. The molecule has 2 aromatic rings. The van der Waals surface area contributed by atoms with Crippen LogP contribution in [0.15, 0.2) is 28.8 Å². The Bertz CT molecular complexity index is 1140. The fourth-order valence-corrected chi connectivity index (χ4v) is 7.32. The van der Waals surface area contributed by atoms with Gasteiger partial charge in [0.05, 0.1) is 12.3 Å². The molecule has 4 aliphatic heterocycles. The molecule has 0 bridgehead atoms. The molecule has 1 spiro atoms. The number of aryl methyl sites for hydroxylation is 1. The number of carbonyl (C=O) groups is 1. The number of nitrogens with zero attached hydrogens (tertiary/aromatic N) is 4. The number of anilines is 2. The average molecular weight is 522 g/mol. The minimum Gasteiger partial charge on any atom is -0.418 e. The Balaban J connectivity index is 0.996. The van der Waals surface area contributed by atoms with Gasteiger partial charge in [-0.2, -0.15) is 0 Å². The van der Waals surface area contributed by atoms with E-state index in [2.05, 4.69) is 52.1 Å². The number of amides is 1.